The highest BCUT2D eigenvalue weighted by Crippen LogP contribution is 2.47. The first-order valence-corrected chi connectivity index (χ1v) is 16.0. The van der Waals surface area contributed by atoms with Crippen molar-refractivity contribution in [1.82, 2.24) is 0 Å². The summed E-state index contributed by atoms with van der Waals surface area (Å²) >= 11 is 1.90. The Kier molecular flexibility index (Phi) is 5.57. The van der Waals surface area contributed by atoms with E-state index in [1.807, 2.05) is 11.3 Å². The molecule has 0 aliphatic carbocycles. The minimum Gasteiger partial charge on any atom is -0.310 e. The summed E-state index contributed by atoms with van der Waals surface area (Å²) in [5.41, 5.74) is 6.06. The van der Waals surface area contributed by atoms with Crippen LogP contribution in [-0.4, -0.2) is 0 Å². The number of hydrogen-bond acceptors (Lipinski definition) is 2. The van der Waals surface area contributed by atoms with Crippen molar-refractivity contribution in [2.24, 2.45) is 0 Å². The van der Waals surface area contributed by atoms with Gasteiger partial charge < -0.3 is 4.90 Å². The van der Waals surface area contributed by atoms with Gasteiger partial charge in [-0.3, -0.25) is 0 Å². The van der Waals surface area contributed by atoms with Crippen molar-refractivity contribution in [2.75, 3.05) is 4.90 Å². The third-order valence-electron chi connectivity index (χ3n) is 9.28. The van der Waals surface area contributed by atoms with Gasteiger partial charge in [-0.05, 0) is 104 Å². The van der Waals surface area contributed by atoms with E-state index in [1.54, 1.807) is 0 Å². The summed E-state index contributed by atoms with van der Waals surface area (Å²) in [5, 5.41) is 13.2. The minimum absolute atomic E-state index is 1.17. The normalized spacial score (nSPS) is 11.9. The number of aryl methyl sites for hydroxylation is 2. The van der Waals surface area contributed by atoms with E-state index < -0.39 is 0 Å². The Morgan fingerprint density at radius 3 is 1.70 bits per heavy atom. The second-order valence-corrected chi connectivity index (χ2v) is 12.9. The molecule has 0 bridgehead atoms. The van der Waals surface area contributed by atoms with Crippen LogP contribution in [0.5, 0.6) is 0 Å². The molecule has 0 N–H and O–H groups in total. The first-order valence-electron chi connectivity index (χ1n) is 15.2. The monoisotopic (exact) mass is 579 g/mol. The molecule has 0 saturated carbocycles. The number of thiophene rings is 1. The maximum Gasteiger partial charge on any atom is 0.0490 e. The molecule has 9 rings (SSSR count). The SMILES string of the molecule is Cc1ccccc1N(c1ccc2c(c1)c1ccccc1c1c2ccc2sc3ccc4ccccc4c3c21)c1ccccc1C. The summed E-state index contributed by atoms with van der Waals surface area (Å²) < 4.78 is 2.69. The summed E-state index contributed by atoms with van der Waals surface area (Å²) in [5.74, 6) is 0. The fourth-order valence-electron chi connectivity index (χ4n) is 7.24. The molecule has 208 valence electrons. The highest BCUT2D eigenvalue weighted by atomic mass is 32.1. The minimum atomic E-state index is 1.17. The third-order valence-corrected chi connectivity index (χ3v) is 10.4. The molecule has 0 aliphatic rings. The molecule has 0 saturated heterocycles. The Hall–Kier alpha value is -5.18. The molecule has 0 radical (unpaired) electrons. The third kappa shape index (κ3) is 3.65. The molecule has 1 nitrogen and oxygen atoms in total. The molecule has 2 heteroatoms. The second kappa shape index (κ2) is 9.67. The van der Waals surface area contributed by atoms with E-state index in [1.165, 1.54) is 91.5 Å². The van der Waals surface area contributed by atoms with E-state index >= 15 is 0 Å². The molecule has 1 aromatic heterocycles. The number of benzene rings is 8. The van der Waals surface area contributed by atoms with E-state index in [2.05, 4.69) is 158 Å². The number of rotatable bonds is 3. The van der Waals surface area contributed by atoms with E-state index in [4.69, 9.17) is 0 Å². The lowest BCUT2D eigenvalue weighted by Crippen LogP contribution is -2.12. The quantitative estimate of drug-likeness (QED) is 0.188. The van der Waals surface area contributed by atoms with Gasteiger partial charge in [0.05, 0.1) is 0 Å². The van der Waals surface area contributed by atoms with Gasteiger partial charge in [-0.15, -0.1) is 11.3 Å². The van der Waals surface area contributed by atoms with Crippen molar-refractivity contribution in [3.05, 3.63) is 151 Å². The summed E-state index contributed by atoms with van der Waals surface area (Å²) in [6.45, 7) is 4.40. The molecular formula is C42H29NS. The summed E-state index contributed by atoms with van der Waals surface area (Å²) in [7, 11) is 0. The maximum absolute atomic E-state index is 2.42. The largest absolute Gasteiger partial charge is 0.310 e. The second-order valence-electron chi connectivity index (χ2n) is 11.8. The zero-order valence-corrected chi connectivity index (χ0v) is 25.5. The Balaban J connectivity index is 1.41. The van der Waals surface area contributed by atoms with E-state index in [9.17, 15) is 0 Å². The Labute approximate surface area is 260 Å². The van der Waals surface area contributed by atoms with Crippen LogP contribution in [0.4, 0.5) is 17.1 Å². The molecule has 0 atom stereocenters. The lowest BCUT2D eigenvalue weighted by molar-refractivity contribution is 1.23. The lowest BCUT2D eigenvalue weighted by Gasteiger charge is -2.29. The van der Waals surface area contributed by atoms with Crippen LogP contribution in [0.15, 0.2) is 140 Å². The maximum atomic E-state index is 2.42. The molecule has 1 heterocycles. The van der Waals surface area contributed by atoms with Crippen molar-refractivity contribution in [3.8, 4) is 0 Å². The molecule has 0 unspecified atom stereocenters. The average Bonchev–Trinajstić information content (AvgIpc) is 3.46. The Bertz CT molecular complexity index is 2520. The number of hydrogen-bond donors (Lipinski definition) is 0. The Morgan fingerprint density at radius 2 is 0.955 bits per heavy atom. The van der Waals surface area contributed by atoms with Gasteiger partial charge in [0.2, 0.25) is 0 Å². The van der Waals surface area contributed by atoms with Gasteiger partial charge in [0.25, 0.3) is 0 Å². The van der Waals surface area contributed by atoms with Crippen LogP contribution in [0.25, 0.3) is 63.3 Å². The van der Waals surface area contributed by atoms with Crippen molar-refractivity contribution in [2.45, 2.75) is 13.8 Å². The van der Waals surface area contributed by atoms with Gasteiger partial charge in [-0.1, -0.05) is 103 Å². The van der Waals surface area contributed by atoms with Crippen molar-refractivity contribution in [3.63, 3.8) is 0 Å². The number of nitrogens with zero attached hydrogens (tertiary/aromatic N) is 1. The van der Waals surface area contributed by atoms with Crippen molar-refractivity contribution < 1.29 is 0 Å². The van der Waals surface area contributed by atoms with Crippen LogP contribution in [-0.2, 0) is 0 Å². The standard InChI is InChI=1S/C42H29NS/c1-26-11-3-9-17-36(26)43(37-18-10-4-12-27(37)2)29-20-21-32-34-22-24-39-42(40(34)33-16-8-7-15-31(33)35(32)25-29)41-30-14-6-5-13-28(30)19-23-38(41)44-39/h3-25H,1-2H3. The first-order chi connectivity index (χ1) is 21.7. The van der Waals surface area contributed by atoms with E-state index in [0.717, 1.165) is 0 Å². The number of para-hydroxylation sites is 2. The predicted octanol–water partition coefficient (Wildman–Crippen LogP) is 12.8. The molecule has 8 aromatic carbocycles. The van der Waals surface area contributed by atoms with Gasteiger partial charge in [-0.2, -0.15) is 0 Å². The molecule has 0 aliphatic heterocycles. The predicted molar refractivity (Wildman–Crippen MR) is 194 cm³/mol. The summed E-state index contributed by atoms with van der Waals surface area (Å²) in [6, 6.07) is 51.5. The van der Waals surface area contributed by atoms with Crippen LogP contribution in [0.2, 0.25) is 0 Å². The fourth-order valence-corrected chi connectivity index (χ4v) is 8.36. The lowest BCUT2D eigenvalue weighted by atomic mass is 9.90. The van der Waals surface area contributed by atoms with Crippen LogP contribution in [0.1, 0.15) is 11.1 Å². The Morgan fingerprint density at radius 1 is 0.409 bits per heavy atom. The number of anilines is 3. The zero-order chi connectivity index (χ0) is 29.4. The highest BCUT2D eigenvalue weighted by Gasteiger charge is 2.20. The van der Waals surface area contributed by atoms with Gasteiger partial charge >= 0.3 is 0 Å². The average molecular weight is 580 g/mol. The van der Waals surface area contributed by atoms with Crippen LogP contribution in [0, 0.1) is 13.8 Å². The van der Waals surface area contributed by atoms with E-state index in [0.29, 0.717) is 0 Å². The molecule has 0 spiro atoms. The van der Waals surface area contributed by atoms with Crippen LogP contribution >= 0.6 is 11.3 Å². The van der Waals surface area contributed by atoms with Crippen molar-refractivity contribution >= 4 is 91.7 Å². The van der Waals surface area contributed by atoms with Crippen LogP contribution in [0.3, 0.4) is 0 Å². The highest BCUT2D eigenvalue weighted by molar-refractivity contribution is 7.26. The van der Waals surface area contributed by atoms with Crippen LogP contribution < -0.4 is 4.90 Å². The molecule has 0 fully saturated rings. The molecule has 44 heavy (non-hydrogen) atoms. The first kappa shape index (κ1) is 25.3. The van der Waals surface area contributed by atoms with Gasteiger partial charge in [0, 0.05) is 37.2 Å². The van der Waals surface area contributed by atoms with Gasteiger partial charge in [0.15, 0.2) is 0 Å². The van der Waals surface area contributed by atoms with Gasteiger partial charge in [-0.25, -0.2) is 0 Å². The van der Waals surface area contributed by atoms with E-state index in [-0.39, 0.29) is 0 Å². The molecule has 9 aromatic rings. The zero-order valence-electron chi connectivity index (χ0n) is 24.6. The fraction of sp³-hybridized carbons (Fsp3) is 0.0476. The smallest absolute Gasteiger partial charge is 0.0490 e. The van der Waals surface area contributed by atoms with Crippen molar-refractivity contribution in [1.29, 1.82) is 0 Å². The summed E-state index contributed by atoms with van der Waals surface area (Å²) in [6.07, 6.45) is 0. The summed E-state index contributed by atoms with van der Waals surface area (Å²) in [4.78, 5) is 2.42. The molecular weight excluding hydrogens is 551 g/mol. The number of fused-ring (bicyclic) bond motifs is 12. The van der Waals surface area contributed by atoms with Gasteiger partial charge in [0.1, 0.15) is 0 Å². The topological polar surface area (TPSA) is 3.24 Å². The molecule has 0 amide bonds.